The van der Waals surface area contributed by atoms with Gasteiger partial charge < -0.3 is 34.5 Å². The van der Waals surface area contributed by atoms with Gasteiger partial charge in [0, 0.05) is 56.4 Å². The second-order valence-electron chi connectivity index (χ2n) is 12.6. The van der Waals surface area contributed by atoms with Crippen LogP contribution in [-0.2, 0) is 4.57 Å². The molecule has 2 aromatic heterocycles. The maximum absolute atomic E-state index is 13.4. The van der Waals surface area contributed by atoms with Crippen LogP contribution in [0.4, 0.5) is 28.8 Å². The summed E-state index contributed by atoms with van der Waals surface area (Å²) in [5.74, 6) is 2.36. The average Bonchev–Trinajstić information content (AvgIpc) is 3.05. The van der Waals surface area contributed by atoms with Gasteiger partial charge in [-0.2, -0.15) is 4.98 Å². The zero-order valence-corrected chi connectivity index (χ0v) is 29.0. The Bertz CT molecular complexity index is 1810. The summed E-state index contributed by atoms with van der Waals surface area (Å²) >= 11 is 3.57. The quantitative estimate of drug-likeness (QED) is 0.254. The molecule has 1 unspecified atom stereocenters. The molecule has 2 saturated heterocycles. The first-order valence-corrected chi connectivity index (χ1v) is 19.0. The fraction of sp³-hybridized carbons (Fsp3) is 0.438. The molecule has 0 spiro atoms. The third-order valence-corrected chi connectivity index (χ3v) is 11.2. The fourth-order valence-electron chi connectivity index (χ4n) is 6.80. The number of hydrogen-bond acceptors (Lipinski definition) is 12. The van der Waals surface area contributed by atoms with Gasteiger partial charge in [-0.3, -0.25) is 14.9 Å². The van der Waals surface area contributed by atoms with Crippen molar-refractivity contribution in [2.45, 2.75) is 24.9 Å². The number of likely N-dealkylation sites (tertiary alicyclic amines) is 1. The lowest BCUT2D eigenvalue weighted by Gasteiger charge is -2.49. The molecule has 0 aliphatic carbocycles. The molecule has 0 radical (unpaired) electrons. The van der Waals surface area contributed by atoms with E-state index in [0.29, 0.717) is 68.4 Å². The highest BCUT2D eigenvalue weighted by atomic mass is 79.9. The Morgan fingerprint density at radius 2 is 1.80 bits per heavy atom. The number of aromatic nitrogens is 4. The molecular weight excluding hydrogens is 669 g/mol. The van der Waals surface area contributed by atoms with Gasteiger partial charge in [-0.25, -0.2) is 4.98 Å². The van der Waals surface area contributed by atoms with Crippen molar-refractivity contribution in [3.63, 3.8) is 0 Å². The first kappa shape index (κ1) is 31.1. The summed E-state index contributed by atoms with van der Waals surface area (Å²) in [6.07, 6.45) is 7.37. The van der Waals surface area contributed by atoms with E-state index in [2.05, 4.69) is 69.3 Å². The average molecular weight is 709 g/mol. The number of methoxy groups -OCH3 is 1. The van der Waals surface area contributed by atoms with E-state index < -0.39 is 7.14 Å². The molecule has 1 atom stereocenters. The van der Waals surface area contributed by atoms with Crippen LogP contribution in [-0.4, -0.2) is 109 Å². The highest BCUT2D eigenvalue weighted by Crippen LogP contribution is 2.44. The summed E-state index contributed by atoms with van der Waals surface area (Å²) in [5, 5.41) is 7.31. The molecule has 2 N–H and O–H groups in total. The van der Waals surface area contributed by atoms with Crippen LogP contribution in [0.5, 0.6) is 11.5 Å². The van der Waals surface area contributed by atoms with Crippen molar-refractivity contribution in [2.75, 3.05) is 82.4 Å². The Labute approximate surface area is 277 Å². The molecule has 7 rings (SSSR count). The molecule has 0 saturated carbocycles. The minimum atomic E-state index is -2.74. The van der Waals surface area contributed by atoms with E-state index in [1.165, 1.54) is 25.9 Å². The predicted molar refractivity (Wildman–Crippen MR) is 187 cm³/mol. The minimum absolute atomic E-state index is 0.306. The summed E-state index contributed by atoms with van der Waals surface area (Å²) in [6.45, 7) is 9.45. The maximum atomic E-state index is 13.4. The van der Waals surface area contributed by atoms with Crippen LogP contribution < -0.4 is 30.3 Å². The van der Waals surface area contributed by atoms with Crippen LogP contribution in [0.1, 0.15) is 12.8 Å². The number of nitrogens with one attached hydrogen (secondary N) is 2. The van der Waals surface area contributed by atoms with Crippen molar-refractivity contribution in [3.8, 4) is 11.5 Å². The van der Waals surface area contributed by atoms with Crippen molar-refractivity contribution in [1.29, 1.82) is 0 Å². The molecule has 242 valence electrons. The largest absolute Gasteiger partial charge is 0.494 e. The number of fused-ring (bicyclic) bond motifs is 4. The van der Waals surface area contributed by atoms with E-state index in [9.17, 15) is 4.57 Å². The van der Waals surface area contributed by atoms with Crippen molar-refractivity contribution >= 4 is 68.2 Å². The predicted octanol–water partition coefficient (Wildman–Crippen LogP) is 4.90. The summed E-state index contributed by atoms with van der Waals surface area (Å²) in [4.78, 5) is 25.7. The summed E-state index contributed by atoms with van der Waals surface area (Å²) in [6, 6.07) is 8.70. The first-order chi connectivity index (χ1) is 22.2. The zero-order valence-electron chi connectivity index (χ0n) is 26.5. The van der Waals surface area contributed by atoms with Crippen LogP contribution in [0, 0.1) is 0 Å². The van der Waals surface area contributed by atoms with E-state index >= 15 is 0 Å². The Balaban J connectivity index is 1.12. The van der Waals surface area contributed by atoms with Gasteiger partial charge in [0.15, 0.2) is 0 Å². The molecule has 14 heteroatoms. The zero-order chi connectivity index (χ0) is 32.0. The van der Waals surface area contributed by atoms with Gasteiger partial charge >= 0.3 is 0 Å². The van der Waals surface area contributed by atoms with Gasteiger partial charge in [0.2, 0.25) is 5.95 Å². The van der Waals surface area contributed by atoms with E-state index in [-0.39, 0.29) is 0 Å². The van der Waals surface area contributed by atoms with Gasteiger partial charge in [-0.1, -0.05) is 0 Å². The van der Waals surface area contributed by atoms with Gasteiger partial charge in [0.05, 0.1) is 45.5 Å². The minimum Gasteiger partial charge on any atom is -0.494 e. The van der Waals surface area contributed by atoms with Crippen LogP contribution in [0.15, 0.2) is 47.3 Å². The summed E-state index contributed by atoms with van der Waals surface area (Å²) in [7, 11) is 1.14. The summed E-state index contributed by atoms with van der Waals surface area (Å²) in [5.41, 5.74) is 3.69. The SMILES string of the molecule is COc1cc2c(cc1Nc1ncc(Br)c(Nc3ccc4nccnc4c3P(C)(C)=O)n1)OCC1CN(C3CCN(C)CC3)CCN21. The van der Waals surface area contributed by atoms with Crippen LogP contribution in [0.2, 0.25) is 0 Å². The fourth-order valence-corrected chi connectivity index (χ4v) is 8.49. The van der Waals surface area contributed by atoms with Gasteiger partial charge in [-0.15, -0.1) is 0 Å². The van der Waals surface area contributed by atoms with Crippen LogP contribution in [0.3, 0.4) is 0 Å². The molecule has 2 aromatic carbocycles. The number of piperidine rings is 1. The topological polar surface area (TPSA) is 121 Å². The lowest BCUT2D eigenvalue weighted by Crippen LogP contribution is -2.60. The summed E-state index contributed by atoms with van der Waals surface area (Å²) < 4.78 is 26.3. The van der Waals surface area contributed by atoms with Crippen molar-refractivity contribution in [3.05, 3.63) is 47.3 Å². The third-order valence-electron chi connectivity index (χ3n) is 9.14. The molecule has 3 aliphatic rings. The number of piperazine rings is 1. The van der Waals surface area contributed by atoms with Gasteiger partial charge in [0.1, 0.15) is 36.6 Å². The van der Waals surface area contributed by atoms with Crippen LogP contribution >= 0.6 is 23.1 Å². The number of halogens is 1. The molecule has 4 aromatic rings. The van der Waals surface area contributed by atoms with Crippen molar-refractivity contribution < 1.29 is 14.0 Å². The van der Waals surface area contributed by atoms with Gasteiger partial charge in [-0.05, 0) is 74.4 Å². The lowest BCUT2D eigenvalue weighted by molar-refractivity contribution is 0.0868. The second-order valence-corrected chi connectivity index (χ2v) is 16.6. The molecule has 2 fully saturated rings. The Morgan fingerprint density at radius 1 is 1.00 bits per heavy atom. The molecule has 0 amide bonds. The standard InChI is InChI=1S/C32H39BrN9O3P/c1-40-11-7-20(8-12-40)41-13-14-42-21(18-41)19-45-28-15-25(27(44-2)16-26(28)42)38-32-36-17-22(33)31(39-32)37-24-6-5-23-29(35-10-9-34-23)30(24)46(3,4)43/h5-6,9-10,15-17,20-21H,7-8,11-14,18-19H2,1-4H3,(H2,36,37,38,39). The maximum Gasteiger partial charge on any atom is 0.229 e. The lowest BCUT2D eigenvalue weighted by atomic mass is 10.00. The van der Waals surface area contributed by atoms with Gasteiger partial charge in [0.25, 0.3) is 0 Å². The number of rotatable bonds is 7. The first-order valence-electron chi connectivity index (χ1n) is 15.6. The molecule has 12 nitrogen and oxygen atoms in total. The van der Waals surface area contributed by atoms with E-state index in [0.717, 1.165) is 31.1 Å². The Kier molecular flexibility index (Phi) is 8.52. The number of benzene rings is 2. The molecule has 46 heavy (non-hydrogen) atoms. The smallest absolute Gasteiger partial charge is 0.229 e. The van der Waals surface area contributed by atoms with E-state index in [1.54, 1.807) is 39.0 Å². The van der Waals surface area contributed by atoms with E-state index in [4.69, 9.17) is 14.5 Å². The molecule has 0 bridgehead atoms. The number of hydrogen-bond donors (Lipinski definition) is 2. The number of anilines is 5. The number of ether oxygens (including phenoxy) is 2. The molecular formula is C32H39BrN9O3P. The number of nitrogens with zero attached hydrogens (tertiary/aromatic N) is 7. The Hall–Kier alpha value is -3.51. The third kappa shape index (κ3) is 6.13. The second kappa shape index (κ2) is 12.6. The highest BCUT2D eigenvalue weighted by molar-refractivity contribution is 9.10. The Morgan fingerprint density at radius 3 is 2.59 bits per heavy atom. The normalized spacial score (nSPS) is 19.3. The molecule has 5 heterocycles. The highest BCUT2D eigenvalue weighted by Gasteiger charge is 2.36. The molecule has 3 aliphatic heterocycles. The van der Waals surface area contributed by atoms with Crippen LogP contribution in [0.25, 0.3) is 11.0 Å². The monoisotopic (exact) mass is 707 g/mol. The van der Waals surface area contributed by atoms with Crippen molar-refractivity contribution in [1.82, 2.24) is 29.7 Å². The van der Waals surface area contributed by atoms with Crippen molar-refractivity contribution in [2.24, 2.45) is 0 Å². The van der Waals surface area contributed by atoms with E-state index in [1.807, 2.05) is 18.2 Å².